The summed E-state index contributed by atoms with van der Waals surface area (Å²) in [6.45, 7) is 6.64. The third kappa shape index (κ3) is 6.41. The molecule has 2 N–H and O–H groups in total. The van der Waals surface area contributed by atoms with Crippen LogP contribution in [0.2, 0.25) is 0 Å². The maximum Gasteiger partial charge on any atom is 0.0791 e. The summed E-state index contributed by atoms with van der Waals surface area (Å²) in [4.78, 5) is 2.18. The van der Waals surface area contributed by atoms with Crippen LogP contribution >= 0.6 is 15.9 Å². The van der Waals surface area contributed by atoms with Crippen LogP contribution in [0.1, 0.15) is 37.0 Å². The van der Waals surface area contributed by atoms with Gasteiger partial charge >= 0.3 is 0 Å². The maximum absolute atomic E-state index is 10.5. The van der Waals surface area contributed by atoms with Crippen molar-refractivity contribution in [3.05, 3.63) is 69.7 Å². The fourth-order valence-corrected chi connectivity index (χ4v) is 4.64. The van der Waals surface area contributed by atoms with Crippen molar-refractivity contribution in [3.8, 4) is 0 Å². The monoisotopic (exact) mass is 444 g/mol. The molecule has 28 heavy (non-hydrogen) atoms. The Bertz CT molecular complexity index is 734. The van der Waals surface area contributed by atoms with Gasteiger partial charge < -0.3 is 10.4 Å². The van der Waals surface area contributed by atoms with E-state index in [4.69, 9.17) is 0 Å². The standard InChI is InChI=1S/C24H33BrN2O/c1-24(2,14-19-12-20-6-4-5-7-21(20)13-19)26-15-23(28)17-27(3)16-18-8-10-22(25)11-9-18/h4-11,19,23,26,28H,12-17H2,1-3H3/t23-/m1/s1. The van der Waals surface area contributed by atoms with Crippen molar-refractivity contribution in [1.82, 2.24) is 10.2 Å². The Hall–Kier alpha value is -1.20. The van der Waals surface area contributed by atoms with Crippen molar-refractivity contribution in [2.24, 2.45) is 5.92 Å². The summed E-state index contributed by atoms with van der Waals surface area (Å²) in [5, 5.41) is 14.1. The Morgan fingerprint density at radius 3 is 2.32 bits per heavy atom. The molecule has 0 spiro atoms. The first-order valence-corrected chi connectivity index (χ1v) is 11.0. The van der Waals surface area contributed by atoms with Crippen molar-refractivity contribution >= 4 is 15.9 Å². The second-order valence-electron chi connectivity index (χ2n) is 8.99. The Morgan fingerprint density at radius 1 is 1.11 bits per heavy atom. The molecule has 3 nitrogen and oxygen atoms in total. The summed E-state index contributed by atoms with van der Waals surface area (Å²) in [5.41, 5.74) is 4.31. The van der Waals surface area contributed by atoms with Gasteiger partial charge in [-0.25, -0.2) is 0 Å². The Balaban J connectivity index is 1.40. The molecule has 4 heteroatoms. The molecular weight excluding hydrogens is 412 g/mol. The molecule has 1 aliphatic carbocycles. The molecule has 0 bridgehead atoms. The highest BCUT2D eigenvalue weighted by atomic mass is 79.9. The number of halogens is 1. The van der Waals surface area contributed by atoms with E-state index in [9.17, 15) is 5.11 Å². The molecule has 0 fully saturated rings. The van der Waals surface area contributed by atoms with E-state index in [0.717, 1.165) is 17.4 Å². The zero-order chi connectivity index (χ0) is 20.1. The first kappa shape index (κ1) is 21.5. The SMILES string of the molecule is CN(Cc1ccc(Br)cc1)C[C@H](O)CNC(C)(C)CC1Cc2ccccc2C1. The molecule has 1 aliphatic rings. The summed E-state index contributed by atoms with van der Waals surface area (Å²) in [7, 11) is 2.06. The topological polar surface area (TPSA) is 35.5 Å². The number of rotatable bonds is 9. The van der Waals surface area contributed by atoms with Gasteiger partial charge in [0.25, 0.3) is 0 Å². The average molecular weight is 445 g/mol. The van der Waals surface area contributed by atoms with Gasteiger partial charge in [-0.2, -0.15) is 0 Å². The van der Waals surface area contributed by atoms with Crippen molar-refractivity contribution in [1.29, 1.82) is 0 Å². The van der Waals surface area contributed by atoms with Gasteiger partial charge in [-0.3, -0.25) is 4.90 Å². The van der Waals surface area contributed by atoms with Gasteiger partial charge in [0.15, 0.2) is 0 Å². The third-order valence-corrected chi connectivity index (χ3v) is 6.17. The van der Waals surface area contributed by atoms with Gasteiger partial charge in [0.2, 0.25) is 0 Å². The molecule has 0 saturated heterocycles. The van der Waals surface area contributed by atoms with Crippen LogP contribution in [0, 0.1) is 5.92 Å². The van der Waals surface area contributed by atoms with Crippen LogP contribution in [0.4, 0.5) is 0 Å². The molecule has 3 rings (SSSR count). The average Bonchev–Trinajstić information content (AvgIpc) is 3.03. The van der Waals surface area contributed by atoms with Crippen molar-refractivity contribution in [2.45, 2.75) is 51.3 Å². The number of hydrogen-bond donors (Lipinski definition) is 2. The van der Waals surface area contributed by atoms with Crippen LogP contribution in [0.3, 0.4) is 0 Å². The first-order chi connectivity index (χ1) is 13.3. The summed E-state index contributed by atoms with van der Waals surface area (Å²) in [6.07, 6.45) is 3.11. The van der Waals surface area contributed by atoms with Gasteiger partial charge in [0.1, 0.15) is 0 Å². The quantitative estimate of drug-likeness (QED) is 0.600. The lowest BCUT2D eigenvalue weighted by Gasteiger charge is -2.31. The lowest BCUT2D eigenvalue weighted by atomic mass is 9.88. The fourth-order valence-electron chi connectivity index (χ4n) is 4.37. The predicted octanol–water partition coefficient (Wildman–Crippen LogP) is 4.42. The number of nitrogens with zero attached hydrogens (tertiary/aromatic N) is 1. The molecule has 0 amide bonds. The molecule has 0 unspecified atom stereocenters. The zero-order valence-corrected chi connectivity index (χ0v) is 18.9. The summed E-state index contributed by atoms with van der Waals surface area (Å²) < 4.78 is 1.09. The van der Waals surface area contributed by atoms with E-state index < -0.39 is 0 Å². The molecule has 1 atom stereocenters. The number of β-amino-alcohol motifs (C(OH)–C–C–N with tert-alkyl or cyclic N) is 1. The number of benzene rings is 2. The summed E-state index contributed by atoms with van der Waals surface area (Å²) >= 11 is 3.47. The molecular formula is C24H33BrN2O. The first-order valence-electron chi connectivity index (χ1n) is 10.2. The zero-order valence-electron chi connectivity index (χ0n) is 17.3. The lowest BCUT2D eigenvalue weighted by molar-refractivity contribution is 0.110. The van der Waals surface area contributed by atoms with Crippen molar-refractivity contribution in [2.75, 3.05) is 20.1 Å². The van der Waals surface area contributed by atoms with Crippen LogP contribution in [0.15, 0.2) is 53.0 Å². The molecule has 0 heterocycles. The smallest absolute Gasteiger partial charge is 0.0791 e. The fraction of sp³-hybridized carbons (Fsp3) is 0.500. The molecule has 2 aromatic carbocycles. The van der Waals surface area contributed by atoms with Crippen LogP contribution < -0.4 is 5.32 Å². The highest BCUT2D eigenvalue weighted by molar-refractivity contribution is 9.10. The Morgan fingerprint density at radius 2 is 1.71 bits per heavy atom. The maximum atomic E-state index is 10.5. The second kappa shape index (κ2) is 9.53. The van der Waals surface area contributed by atoms with Crippen molar-refractivity contribution in [3.63, 3.8) is 0 Å². The summed E-state index contributed by atoms with van der Waals surface area (Å²) in [6, 6.07) is 17.2. The number of aliphatic hydroxyl groups is 1. The molecule has 0 radical (unpaired) electrons. The van der Waals surface area contributed by atoms with Crippen LogP contribution in [0.5, 0.6) is 0 Å². The minimum Gasteiger partial charge on any atom is -0.390 e. The van der Waals surface area contributed by atoms with E-state index in [1.165, 1.54) is 29.5 Å². The molecule has 0 aromatic heterocycles. The summed E-state index contributed by atoms with van der Waals surface area (Å²) in [5.74, 6) is 0.692. The third-order valence-electron chi connectivity index (χ3n) is 5.64. The van der Waals surface area contributed by atoms with Gasteiger partial charge in [-0.15, -0.1) is 0 Å². The number of aliphatic hydroxyl groups excluding tert-OH is 1. The highest BCUT2D eigenvalue weighted by Gasteiger charge is 2.28. The van der Waals surface area contributed by atoms with E-state index in [1.807, 2.05) is 0 Å². The largest absolute Gasteiger partial charge is 0.390 e. The Labute approximate surface area is 178 Å². The minimum atomic E-state index is -0.375. The van der Waals surface area contributed by atoms with E-state index in [1.54, 1.807) is 0 Å². The van der Waals surface area contributed by atoms with Crippen molar-refractivity contribution < 1.29 is 5.11 Å². The lowest BCUT2D eigenvalue weighted by Crippen LogP contribution is -2.47. The van der Waals surface area contributed by atoms with E-state index in [2.05, 4.69) is 95.6 Å². The highest BCUT2D eigenvalue weighted by Crippen LogP contribution is 2.31. The van der Waals surface area contributed by atoms with Gasteiger partial charge in [-0.1, -0.05) is 52.3 Å². The Kier molecular flexibility index (Phi) is 7.32. The van der Waals surface area contributed by atoms with E-state index >= 15 is 0 Å². The number of hydrogen-bond acceptors (Lipinski definition) is 3. The molecule has 0 saturated carbocycles. The predicted molar refractivity (Wildman–Crippen MR) is 121 cm³/mol. The van der Waals surface area contributed by atoms with Gasteiger partial charge in [0, 0.05) is 29.6 Å². The minimum absolute atomic E-state index is 0.0258. The number of likely N-dealkylation sites (N-methyl/N-ethyl adjacent to an activating group) is 1. The van der Waals surface area contributed by atoms with E-state index in [-0.39, 0.29) is 11.6 Å². The van der Waals surface area contributed by atoms with Crippen LogP contribution in [0.25, 0.3) is 0 Å². The molecule has 152 valence electrons. The molecule has 0 aliphatic heterocycles. The molecule has 2 aromatic rings. The van der Waals surface area contributed by atoms with Crippen LogP contribution in [-0.4, -0.2) is 41.8 Å². The number of fused-ring (bicyclic) bond motifs is 1. The van der Waals surface area contributed by atoms with E-state index in [0.29, 0.717) is 19.0 Å². The number of nitrogens with one attached hydrogen (secondary N) is 1. The van der Waals surface area contributed by atoms with Gasteiger partial charge in [-0.05, 0) is 74.9 Å². The normalized spacial score (nSPS) is 15.8. The van der Waals surface area contributed by atoms with Gasteiger partial charge in [0.05, 0.1) is 6.10 Å². The van der Waals surface area contributed by atoms with Crippen LogP contribution in [-0.2, 0) is 19.4 Å². The second-order valence-corrected chi connectivity index (χ2v) is 9.90.